The molecule has 5 rings (SSSR count). The molecule has 0 aromatic heterocycles. The van der Waals surface area contributed by atoms with E-state index in [1.165, 1.54) is 12.1 Å². The molecule has 37 heavy (non-hydrogen) atoms. The zero-order chi connectivity index (χ0) is 26.5. The number of Topliss-reactive ketones (excluding diaryl/α,β-unsaturated/α-hetero) is 1. The predicted octanol–water partition coefficient (Wildman–Crippen LogP) is 7.98. The number of allylic oxidation sites excluding steroid dienone is 2. The molecule has 3 aromatic rings. The molecule has 2 aliphatic rings. The third-order valence-corrected chi connectivity index (χ3v) is 7.62. The Kier molecular flexibility index (Phi) is 6.28. The van der Waals surface area contributed by atoms with Gasteiger partial charge in [-0.15, -0.1) is 0 Å². The Morgan fingerprint density at radius 3 is 2.38 bits per heavy atom. The molecule has 0 amide bonds. The Balaban J connectivity index is 1.88. The first-order valence-electron chi connectivity index (χ1n) is 12.2. The second kappa shape index (κ2) is 9.31. The standard InChI is InChI=1S/C31H28ClFN2O2/c1-18-22(32)10-7-11-23(18)35-24-16-31(2,3)17-25(36)27(24)26(19-12-14-21(33)15-13-19)28(30(35)34)29(37)20-8-5-4-6-9-20/h4-15,26,34,37H,16-17H2,1-3H3/b29-28+,34-30?. The second-order valence-electron chi connectivity index (χ2n) is 10.5. The van der Waals surface area contributed by atoms with Crippen molar-refractivity contribution in [1.29, 1.82) is 5.41 Å². The molecule has 1 unspecified atom stereocenters. The van der Waals surface area contributed by atoms with E-state index in [9.17, 15) is 19.7 Å². The first-order valence-corrected chi connectivity index (χ1v) is 12.6. The van der Waals surface area contributed by atoms with E-state index in [2.05, 4.69) is 0 Å². The van der Waals surface area contributed by atoms with Gasteiger partial charge < -0.3 is 5.11 Å². The highest BCUT2D eigenvalue weighted by Gasteiger charge is 2.47. The van der Waals surface area contributed by atoms with Crippen LogP contribution in [0.3, 0.4) is 0 Å². The Hall–Kier alpha value is -3.70. The van der Waals surface area contributed by atoms with E-state index in [1.807, 2.05) is 51.1 Å². The average molecular weight is 515 g/mol. The molecule has 0 spiro atoms. The molecule has 0 radical (unpaired) electrons. The molecule has 0 saturated carbocycles. The van der Waals surface area contributed by atoms with Crippen molar-refractivity contribution >= 4 is 34.7 Å². The van der Waals surface area contributed by atoms with Crippen LogP contribution in [-0.4, -0.2) is 16.7 Å². The van der Waals surface area contributed by atoms with Crippen molar-refractivity contribution in [1.82, 2.24) is 0 Å². The number of anilines is 1. The number of halogens is 2. The Bertz CT molecular complexity index is 1470. The first-order chi connectivity index (χ1) is 17.6. The van der Waals surface area contributed by atoms with Gasteiger partial charge in [0.2, 0.25) is 0 Å². The van der Waals surface area contributed by atoms with Gasteiger partial charge in [-0.3, -0.25) is 15.1 Å². The summed E-state index contributed by atoms with van der Waals surface area (Å²) >= 11 is 6.50. The van der Waals surface area contributed by atoms with Crippen molar-refractivity contribution in [2.45, 2.75) is 39.5 Å². The number of aliphatic hydroxyl groups is 1. The van der Waals surface area contributed by atoms with Gasteiger partial charge in [-0.05, 0) is 54.2 Å². The number of rotatable bonds is 3. The lowest BCUT2D eigenvalue weighted by atomic mass is 9.67. The van der Waals surface area contributed by atoms with Gasteiger partial charge in [-0.1, -0.05) is 74.0 Å². The number of nitrogens with zero attached hydrogens (tertiary/aromatic N) is 1. The summed E-state index contributed by atoms with van der Waals surface area (Å²) in [5, 5.41) is 21.7. The maximum Gasteiger partial charge on any atom is 0.162 e. The van der Waals surface area contributed by atoms with Crippen LogP contribution in [0.5, 0.6) is 0 Å². The maximum absolute atomic E-state index is 13.9. The largest absolute Gasteiger partial charge is 0.507 e. The Morgan fingerprint density at radius 1 is 1.03 bits per heavy atom. The summed E-state index contributed by atoms with van der Waals surface area (Å²) in [5.74, 6) is -1.19. The molecule has 0 saturated heterocycles. The molecule has 3 aromatic carbocycles. The van der Waals surface area contributed by atoms with E-state index in [4.69, 9.17) is 11.6 Å². The lowest BCUT2D eigenvalue weighted by Gasteiger charge is -2.45. The minimum atomic E-state index is -0.720. The number of benzene rings is 3. The fourth-order valence-corrected chi connectivity index (χ4v) is 5.63. The lowest BCUT2D eigenvalue weighted by molar-refractivity contribution is -0.118. The second-order valence-corrected chi connectivity index (χ2v) is 10.9. The molecule has 188 valence electrons. The predicted molar refractivity (Wildman–Crippen MR) is 147 cm³/mol. The fraction of sp³-hybridized carbons (Fsp3) is 0.226. The summed E-state index contributed by atoms with van der Waals surface area (Å²) in [7, 11) is 0. The zero-order valence-electron chi connectivity index (χ0n) is 21.0. The van der Waals surface area contributed by atoms with Crippen LogP contribution in [0, 0.1) is 23.6 Å². The SMILES string of the molecule is Cc1c(Cl)cccc1N1C(=N)/C(=C(/O)c2ccccc2)C(c2ccc(F)cc2)C2=C1CC(C)(C)CC2=O. The molecular formula is C31H28ClFN2O2. The van der Waals surface area contributed by atoms with Gasteiger partial charge in [0.15, 0.2) is 5.78 Å². The van der Waals surface area contributed by atoms with E-state index in [0.29, 0.717) is 45.8 Å². The third kappa shape index (κ3) is 4.38. The minimum absolute atomic E-state index is 0.0453. The van der Waals surface area contributed by atoms with Crippen molar-refractivity contribution in [2.24, 2.45) is 5.41 Å². The molecule has 4 nitrogen and oxygen atoms in total. The number of hydrogen-bond acceptors (Lipinski definition) is 3. The molecule has 6 heteroatoms. The number of ketones is 1. The van der Waals surface area contributed by atoms with Crippen LogP contribution < -0.4 is 4.90 Å². The molecular weight excluding hydrogens is 487 g/mol. The van der Waals surface area contributed by atoms with E-state index >= 15 is 0 Å². The van der Waals surface area contributed by atoms with Crippen molar-refractivity contribution in [3.05, 3.63) is 117 Å². The van der Waals surface area contributed by atoms with E-state index in [0.717, 1.165) is 11.3 Å². The summed E-state index contributed by atoms with van der Waals surface area (Å²) in [4.78, 5) is 15.6. The molecule has 0 fully saturated rings. The highest BCUT2D eigenvalue weighted by Crippen LogP contribution is 2.51. The Morgan fingerprint density at radius 2 is 1.70 bits per heavy atom. The van der Waals surface area contributed by atoms with Gasteiger partial charge in [-0.25, -0.2) is 4.39 Å². The molecule has 2 N–H and O–H groups in total. The molecule has 1 atom stereocenters. The third-order valence-electron chi connectivity index (χ3n) is 7.21. The normalized spacial score (nSPS) is 20.7. The number of hydrogen-bond donors (Lipinski definition) is 2. The number of carbonyl (C=O) groups is 1. The highest BCUT2D eigenvalue weighted by atomic mass is 35.5. The van der Waals surface area contributed by atoms with Crippen molar-refractivity contribution < 1.29 is 14.3 Å². The van der Waals surface area contributed by atoms with E-state index < -0.39 is 11.7 Å². The highest BCUT2D eigenvalue weighted by molar-refractivity contribution is 6.32. The van der Waals surface area contributed by atoms with Crippen LogP contribution in [0.15, 0.2) is 89.6 Å². The monoisotopic (exact) mass is 514 g/mol. The minimum Gasteiger partial charge on any atom is -0.507 e. The van der Waals surface area contributed by atoms with Crippen molar-refractivity contribution in [3.63, 3.8) is 0 Å². The lowest BCUT2D eigenvalue weighted by Crippen LogP contribution is -2.45. The maximum atomic E-state index is 13.9. The van der Waals surface area contributed by atoms with Gasteiger partial charge in [-0.2, -0.15) is 0 Å². The molecule has 0 bridgehead atoms. The van der Waals surface area contributed by atoms with Crippen LogP contribution >= 0.6 is 11.6 Å². The van der Waals surface area contributed by atoms with Crippen LogP contribution in [0.1, 0.15) is 49.3 Å². The van der Waals surface area contributed by atoms with Gasteiger partial charge in [0, 0.05) is 39.8 Å². The molecule has 1 aliphatic heterocycles. The number of carbonyl (C=O) groups excluding carboxylic acids is 1. The van der Waals surface area contributed by atoms with E-state index in [-0.39, 0.29) is 22.8 Å². The van der Waals surface area contributed by atoms with Gasteiger partial charge in [0.05, 0.1) is 5.69 Å². The van der Waals surface area contributed by atoms with Gasteiger partial charge in [0.1, 0.15) is 17.4 Å². The quantitative estimate of drug-likeness (QED) is 0.348. The van der Waals surface area contributed by atoms with Crippen LogP contribution in [0.25, 0.3) is 5.76 Å². The summed E-state index contributed by atoms with van der Waals surface area (Å²) in [6, 6.07) is 20.4. The van der Waals surface area contributed by atoms with Crippen molar-refractivity contribution in [2.75, 3.05) is 4.90 Å². The smallest absolute Gasteiger partial charge is 0.162 e. The zero-order valence-corrected chi connectivity index (χ0v) is 21.7. The first kappa shape index (κ1) is 25.0. The van der Waals surface area contributed by atoms with Gasteiger partial charge >= 0.3 is 0 Å². The summed E-state index contributed by atoms with van der Waals surface area (Å²) in [6.07, 6.45) is 0.887. The average Bonchev–Trinajstić information content (AvgIpc) is 2.85. The van der Waals surface area contributed by atoms with Gasteiger partial charge in [0.25, 0.3) is 0 Å². The summed E-state index contributed by atoms with van der Waals surface area (Å²) in [6.45, 7) is 5.97. The molecule has 1 heterocycles. The van der Waals surface area contributed by atoms with Crippen LogP contribution in [0.2, 0.25) is 5.02 Å². The summed E-state index contributed by atoms with van der Waals surface area (Å²) in [5.41, 5.74) is 3.85. The topological polar surface area (TPSA) is 64.4 Å². The number of aliphatic hydroxyl groups excluding tert-OH is 1. The van der Waals surface area contributed by atoms with Crippen molar-refractivity contribution in [3.8, 4) is 0 Å². The van der Waals surface area contributed by atoms with E-state index in [1.54, 1.807) is 35.2 Å². The van der Waals surface area contributed by atoms with Crippen LogP contribution in [0.4, 0.5) is 10.1 Å². The number of amidine groups is 1. The fourth-order valence-electron chi connectivity index (χ4n) is 5.46. The molecule has 1 aliphatic carbocycles. The number of nitrogens with one attached hydrogen (secondary N) is 1. The van der Waals surface area contributed by atoms with Crippen LogP contribution in [-0.2, 0) is 4.79 Å². The summed E-state index contributed by atoms with van der Waals surface area (Å²) < 4.78 is 13.9. The Labute approximate surface area is 221 Å².